The fourth-order valence-corrected chi connectivity index (χ4v) is 1.35. The maximum absolute atomic E-state index is 11.7. The minimum atomic E-state index is -0.642. The van der Waals surface area contributed by atoms with Crippen molar-refractivity contribution in [1.29, 1.82) is 0 Å². The van der Waals surface area contributed by atoms with Gasteiger partial charge in [-0.1, -0.05) is 0 Å². The second-order valence-corrected chi connectivity index (χ2v) is 3.79. The summed E-state index contributed by atoms with van der Waals surface area (Å²) in [6.45, 7) is 0. The third kappa shape index (κ3) is 1.26. The predicted molar refractivity (Wildman–Crippen MR) is 48.7 cm³/mol. The van der Waals surface area contributed by atoms with Gasteiger partial charge >= 0.3 is 0 Å². The lowest BCUT2D eigenvalue weighted by Gasteiger charge is -2.07. The van der Waals surface area contributed by atoms with Crippen LogP contribution in [0.5, 0.6) is 0 Å². The van der Waals surface area contributed by atoms with Crippen molar-refractivity contribution < 1.29 is 4.79 Å². The Balaban J connectivity index is 2.35. The Morgan fingerprint density at radius 3 is 2.77 bits per heavy atom. The van der Waals surface area contributed by atoms with Gasteiger partial charge in [0.2, 0.25) is 11.1 Å². The molecule has 1 saturated carbocycles. The largest absolute Gasteiger partial charge is 0.319 e. The van der Waals surface area contributed by atoms with Crippen LogP contribution in [0, 0.1) is 0 Å². The number of hydrogen-bond donors (Lipinski definition) is 1. The van der Waals surface area contributed by atoms with Gasteiger partial charge in [0.25, 0.3) is 0 Å². The van der Waals surface area contributed by atoms with Crippen molar-refractivity contribution in [1.82, 2.24) is 9.55 Å². The first-order valence-electron chi connectivity index (χ1n) is 4.05. The van der Waals surface area contributed by atoms with Gasteiger partial charge in [-0.05, 0) is 24.4 Å². The van der Waals surface area contributed by atoms with Crippen molar-refractivity contribution in [3.63, 3.8) is 0 Å². The summed E-state index contributed by atoms with van der Waals surface area (Å²) in [7, 11) is 1.70. The minimum Gasteiger partial charge on any atom is -0.319 e. The Hall–Kier alpha value is -0.870. The molecule has 1 aliphatic rings. The van der Waals surface area contributed by atoms with Crippen LogP contribution in [0.4, 0.5) is 0 Å². The van der Waals surface area contributed by atoms with Gasteiger partial charge in [-0.15, -0.1) is 0 Å². The minimum absolute atomic E-state index is 0.0607. The predicted octanol–water partition coefficient (Wildman–Crippen LogP) is 0.747. The number of nitrogens with zero attached hydrogens (tertiary/aromatic N) is 2. The molecule has 1 fully saturated rings. The van der Waals surface area contributed by atoms with Crippen molar-refractivity contribution in [2.75, 3.05) is 0 Å². The summed E-state index contributed by atoms with van der Waals surface area (Å²) in [6, 6.07) is 0. The number of aromatic nitrogens is 2. The van der Waals surface area contributed by atoms with Crippen LogP contribution in [0.2, 0.25) is 5.28 Å². The molecule has 1 aliphatic carbocycles. The topological polar surface area (TPSA) is 60.9 Å². The highest BCUT2D eigenvalue weighted by Crippen LogP contribution is 2.35. The maximum atomic E-state index is 11.7. The van der Waals surface area contributed by atoms with E-state index in [2.05, 4.69) is 4.98 Å². The number of carbonyl (C=O) groups is 1. The van der Waals surface area contributed by atoms with Gasteiger partial charge in [-0.25, -0.2) is 4.98 Å². The number of rotatable bonds is 2. The van der Waals surface area contributed by atoms with E-state index in [1.165, 1.54) is 6.20 Å². The van der Waals surface area contributed by atoms with Crippen LogP contribution >= 0.6 is 11.6 Å². The summed E-state index contributed by atoms with van der Waals surface area (Å²) < 4.78 is 1.55. The quantitative estimate of drug-likeness (QED) is 0.715. The molecule has 0 bridgehead atoms. The first-order chi connectivity index (χ1) is 6.04. The van der Waals surface area contributed by atoms with E-state index in [1.54, 1.807) is 11.6 Å². The summed E-state index contributed by atoms with van der Waals surface area (Å²) in [5.74, 6) is -0.0607. The third-order valence-corrected chi connectivity index (χ3v) is 2.76. The molecular weight excluding hydrogens is 190 g/mol. The molecule has 2 N–H and O–H groups in total. The molecule has 1 heterocycles. The highest BCUT2D eigenvalue weighted by atomic mass is 35.5. The Morgan fingerprint density at radius 1 is 1.77 bits per heavy atom. The molecule has 0 radical (unpaired) electrons. The summed E-state index contributed by atoms with van der Waals surface area (Å²) in [5, 5.41) is 0.313. The Bertz CT molecular complexity index is 367. The van der Waals surface area contributed by atoms with Crippen LogP contribution in [-0.2, 0) is 7.05 Å². The third-order valence-electron chi connectivity index (χ3n) is 2.41. The molecule has 13 heavy (non-hydrogen) atoms. The first kappa shape index (κ1) is 8.72. The van der Waals surface area contributed by atoms with Crippen LogP contribution in [0.25, 0.3) is 0 Å². The van der Waals surface area contributed by atoms with Gasteiger partial charge in [-0.2, -0.15) is 0 Å². The normalized spacial score (nSPS) is 18.7. The molecule has 4 nitrogen and oxygen atoms in total. The van der Waals surface area contributed by atoms with Crippen molar-refractivity contribution in [3.8, 4) is 0 Å². The standard InChI is InChI=1S/C8H10ClN3O/c1-12-5(4-11-7(12)9)6(13)8(10)2-3-8/h4H,2-3,10H2,1H3. The highest BCUT2D eigenvalue weighted by molar-refractivity contribution is 6.28. The fourth-order valence-electron chi connectivity index (χ4n) is 1.21. The molecule has 5 heteroatoms. The number of halogens is 1. The average Bonchev–Trinajstić information content (AvgIpc) is 2.76. The molecule has 0 spiro atoms. The molecule has 0 saturated heterocycles. The van der Waals surface area contributed by atoms with Gasteiger partial charge in [-0.3, -0.25) is 4.79 Å². The van der Waals surface area contributed by atoms with Crippen LogP contribution in [-0.4, -0.2) is 20.9 Å². The lowest BCUT2D eigenvalue weighted by atomic mass is 10.1. The smallest absolute Gasteiger partial charge is 0.202 e. The van der Waals surface area contributed by atoms with Gasteiger partial charge in [0, 0.05) is 7.05 Å². The zero-order chi connectivity index (χ0) is 9.64. The van der Waals surface area contributed by atoms with Crippen molar-refractivity contribution in [2.45, 2.75) is 18.4 Å². The molecule has 70 valence electrons. The van der Waals surface area contributed by atoms with E-state index in [4.69, 9.17) is 17.3 Å². The van der Waals surface area contributed by atoms with E-state index in [0.717, 1.165) is 12.8 Å². The van der Waals surface area contributed by atoms with Crippen LogP contribution in [0.15, 0.2) is 6.20 Å². The second kappa shape index (κ2) is 2.56. The average molecular weight is 200 g/mol. The monoisotopic (exact) mass is 199 g/mol. The van der Waals surface area contributed by atoms with Crippen molar-refractivity contribution >= 4 is 17.4 Å². The molecule has 1 aromatic rings. The zero-order valence-electron chi connectivity index (χ0n) is 7.25. The number of Topliss-reactive ketones (excluding diaryl/α,β-unsaturated/α-hetero) is 1. The molecule has 0 aromatic carbocycles. The van der Waals surface area contributed by atoms with E-state index >= 15 is 0 Å². The Morgan fingerprint density at radius 2 is 2.38 bits per heavy atom. The van der Waals surface area contributed by atoms with Crippen molar-refractivity contribution in [2.24, 2.45) is 12.8 Å². The molecular formula is C8H10ClN3O. The van der Waals surface area contributed by atoms with E-state index in [9.17, 15) is 4.79 Å². The van der Waals surface area contributed by atoms with Crippen LogP contribution in [0.3, 0.4) is 0 Å². The number of hydrogen-bond acceptors (Lipinski definition) is 3. The molecule has 2 rings (SSSR count). The SMILES string of the molecule is Cn1c(C(=O)C2(N)CC2)cnc1Cl. The lowest BCUT2D eigenvalue weighted by molar-refractivity contribution is 0.0941. The zero-order valence-corrected chi connectivity index (χ0v) is 8.01. The van der Waals surface area contributed by atoms with E-state index < -0.39 is 5.54 Å². The Kier molecular flexibility index (Phi) is 1.72. The summed E-state index contributed by atoms with van der Waals surface area (Å²) >= 11 is 5.70. The van der Waals surface area contributed by atoms with Crippen LogP contribution < -0.4 is 5.73 Å². The molecule has 1 aromatic heterocycles. The summed E-state index contributed by atoms with van der Waals surface area (Å²) in [5.41, 5.74) is 5.62. The summed E-state index contributed by atoms with van der Waals surface area (Å²) in [6.07, 6.45) is 2.99. The lowest BCUT2D eigenvalue weighted by Crippen LogP contribution is -2.33. The fraction of sp³-hybridized carbons (Fsp3) is 0.500. The van der Waals surface area contributed by atoms with Crippen molar-refractivity contribution in [3.05, 3.63) is 17.2 Å². The van der Waals surface area contributed by atoms with Crippen LogP contribution in [0.1, 0.15) is 23.3 Å². The van der Waals surface area contributed by atoms with Gasteiger partial charge < -0.3 is 10.3 Å². The molecule has 0 atom stereocenters. The first-order valence-corrected chi connectivity index (χ1v) is 4.43. The van der Waals surface area contributed by atoms with E-state index in [-0.39, 0.29) is 5.78 Å². The molecule has 0 aliphatic heterocycles. The number of imidazole rings is 1. The maximum Gasteiger partial charge on any atom is 0.202 e. The van der Waals surface area contributed by atoms with E-state index in [0.29, 0.717) is 11.0 Å². The number of ketones is 1. The Labute approximate surface area is 80.7 Å². The number of nitrogens with two attached hydrogens (primary N) is 1. The van der Waals surface area contributed by atoms with Gasteiger partial charge in [0.05, 0.1) is 11.7 Å². The number of carbonyl (C=O) groups excluding carboxylic acids is 1. The van der Waals surface area contributed by atoms with E-state index in [1.807, 2.05) is 0 Å². The van der Waals surface area contributed by atoms with Gasteiger partial charge in [0.1, 0.15) is 5.69 Å². The molecule has 0 unspecified atom stereocenters. The molecule has 0 amide bonds. The highest BCUT2D eigenvalue weighted by Gasteiger charge is 2.47. The summed E-state index contributed by atoms with van der Waals surface area (Å²) in [4.78, 5) is 15.5. The second-order valence-electron chi connectivity index (χ2n) is 3.46. The van der Waals surface area contributed by atoms with Gasteiger partial charge in [0.15, 0.2) is 0 Å².